The van der Waals surface area contributed by atoms with E-state index >= 15 is 0 Å². The fraction of sp³-hybridized carbons (Fsp3) is 0. The van der Waals surface area contributed by atoms with Gasteiger partial charge in [-0.25, -0.2) is 13.2 Å². The van der Waals surface area contributed by atoms with E-state index in [1.165, 1.54) is 0 Å². The zero-order chi connectivity index (χ0) is 7.28. The molecule has 0 bridgehead atoms. The van der Waals surface area contributed by atoms with Crippen LogP contribution in [0.5, 0.6) is 0 Å². The summed E-state index contributed by atoms with van der Waals surface area (Å²) in [5.74, 6) is -3.19. The molecular formula is C5H3F3O. The standard InChI is InChI=1S/C5H3F3O/c6-3-5(8)4(7)1-2-9/h1-3H. The van der Waals surface area contributed by atoms with E-state index in [2.05, 4.69) is 0 Å². The van der Waals surface area contributed by atoms with Crippen molar-refractivity contribution in [1.82, 2.24) is 0 Å². The largest absolute Gasteiger partial charge is 0.298 e. The predicted molar refractivity (Wildman–Crippen MR) is 25.6 cm³/mol. The summed E-state index contributed by atoms with van der Waals surface area (Å²) in [4.78, 5) is 9.40. The second-order valence-electron chi connectivity index (χ2n) is 1.11. The first-order valence-electron chi connectivity index (χ1n) is 1.99. The summed E-state index contributed by atoms with van der Waals surface area (Å²) in [6.45, 7) is 0. The number of rotatable bonds is 2. The van der Waals surface area contributed by atoms with Gasteiger partial charge in [0.2, 0.25) is 0 Å². The molecule has 0 fully saturated rings. The third-order valence-electron chi connectivity index (χ3n) is 0.538. The molecule has 0 amide bonds. The molecule has 0 rings (SSSR count). The number of allylic oxidation sites excluding steroid dienone is 3. The van der Waals surface area contributed by atoms with Gasteiger partial charge in [-0.1, -0.05) is 0 Å². The number of carbonyl (C=O) groups is 1. The van der Waals surface area contributed by atoms with Gasteiger partial charge in [-0.3, -0.25) is 4.79 Å². The molecule has 4 heteroatoms. The minimum Gasteiger partial charge on any atom is -0.298 e. The van der Waals surface area contributed by atoms with E-state index in [1.54, 1.807) is 0 Å². The highest BCUT2D eigenvalue weighted by atomic mass is 19.2. The average molecular weight is 136 g/mol. The molecule has 0 atom stereocenters. The number of aldehydes is 1. The average Bonchev–Trinajstić information content (AvgIpc) is 1.87. The van der Waals surface area contributed by atoms with Crippen molar-refractivity contribution in [3.05, 3.63) is 24.1 Å². The number of halogens is 3. The van der Waals surface area contributed by atoms with Crippen LogP contribution in [0.25, 0.3) is 0 Å². The summed E-state index contributed by atoms with van der Waals surface area (Å²) in [6, 6.07) is 0. The number of carbonyl (C=O) groups excluding carboxylic acids is 1. The molecule has 9 heavy (non-hydrogen) atoms. The van der Waals surface area contributed by atoms with E-state index in [0.717, 1.165) is 0 Å². The van der Waals surface area contributed by atoms with Gasteiger partial charge < -0.3 is 0 Å². The molecule has 0 saturated heterocycles. The van der Waals surface area contributed by atoms with E-state index in [4.69, 9.17) is 0 Å². The topological polar surface area (TPSA) is 17.1 Å². The molecule has 0 aliphatic heterocycles. The molecule has 0 N–H and O–H groups in total. The van der Waals surface area contributed by atoms with Gasteiger partial charge in [0, 0.05) is 6.08 Å². The van der Waals surface area contributed by atoms with Gasteiger partial charge in [0.25, 0.3) is 0 Å². The van der Waals surface area contributed by atoms with Gasteiger partial charge in [0.05, 0.1) is 0 Å². The number of hydrogen-bond donors (Lipinski definition) is 0. The van der Waals surface area contributed by atoms with Crippen molar-refractivity contribution < 1.29 is 18.0 Å². The first-order chi connectivity index (χ1) is 4.22. The van der Waals surface area contributed by atoms with Crippen molar-refractivity contribution in [3.8, 4) is 0 Å². The van der Waals surface area contributed by atoms with Crippen molar-refractivity contribution in [2.24, 2.45) is 0 Å². The third-order valence-corrected chi connectivity index (χ3v) is 0.538. The first kappa shape index (κ1) is 7.94. The van der Waals surface area contributed by atoms with Crippen molar-refractivity contribution in [1.29, 1.82) is 0 Å². The molecule has 0 aromatic carbocycles. The predicted octanol–water partition coefficient (Wildman–Crippen LogP) is 1.82. The van der Waals surface area contributed by atoms with Crippen molar-refractivity contribution in [3.63, 3.8) is 0 Å². The second-order valence-corrected chi connectivity index (χ2v) is 1.11. The van der Waals surface area contributed by atoms with Gasteiger partial charge in [-0.2, -0.15) is 0 Å². The van der Waals surface area contributed by atoms with Crippen LogP contribution in [0.3, 0.4) is 0 Å². The van der Waals surface area contributed by atoms with Crippen LogP contribution in [0.1, 0.15) is 0 Å². The summed E-state index contributed by atoms with van der Waals surface area (Å²) in [7, 11) is 0. The molecule has 0 aromatic rings. The fourth-order valence-corrected chi connectivity index (χ4v) is 0.191. The van der Waals surface area contributed by atoms with Crippen LogP contribution in [0.4, 0.5) is 13.2 Å². The summed E-state index contributed by atoms with van der Waals surface area (Å²) in [5, 5.41) is 0. The van der Waals surface area contributed by atoms with Crippen LogP contribution >= 0.6 is 0 Å². The van der Waals surface area contributed by atoms with Gasteiger partial charge in [-0.05, 0) is 0 Å². The quantitative estimate of drug-likeness (QED) is 0.321. The Hall–Kier alpha value is -1.06. The molecule has 0 aliphatic rings. The Labute approximate surface area is 49.5 Å². The number of hydrogen-bond acceptors (Lipinski definition) is 1. The fourth-order valence-electron chi connectivity index (χ4n) is 0.191. The molecule has 0 unspecified atom stereocenters. The second kappa shape index (κ2) is 3.88. The highest BCUT2D eigenvalue weighted by Crippen LogP contribution is 2.11. The van der Waals surface area contributed by atoms with Gasteiger partial charge in [-0.15, -0.1) is 0 Å². The van der Waals surface area contributed by atoms with Crippen LogP contribution in [0, 0.1) is 0 Å². The van der Waals surface area contributed by atoms with Crippen molar-refractivity contribution >= 4 is 6.29 Å². The van der Waals surface area contributed by atoms with Crippen molar-refractivity contribution in [2.75, 3.05) is 0 Å². The molecule has 0 saturated carbocycles. The Balaban J connectivity index is 4.19. The molecule has 1 nitrogen and oxygen atoms in total. The SMILES string of the molecule is O=CC=C(F)C(F)=CF. The van der Waals surface area contributed by atoms with Crippen LogP contribution in [0.15, 0.2) is 24.1 Å². The highest BCUT2D eigenvalue weighted by molar-refractivity contribution is 5.66. The Bertz CT molecular complexity index is 160. The summed E-state index contributed by atoms with van der Waals surface area (Å²) >= 11 is 0. The third kappa shape index (κ3) is 2.69. The lowest BCUT2D eigenvalue weighted by Gasteiger charge is -1.83. The lowest BCUT2D eigenvalue weighted by molar-refractivity contribution is -0.104. The lowest BCUT2D eigenvalue weighted by atomic mass is 10.4. The zero-order valence-corrected chi connectivity index (χ0v) is 4.27. The Morgan fingerprint density at radius 2 is 1.78 bits per heavy atom. The minimum atomic E-state index is -1.68. The first-order valence-corrected chi connectivity index (χ1v) is 1.99. The minimum absolute atomic E-state index is 0.0262. The van der Waals surface area contributed by atoms with Gasteiger partial charge in [0.15, 0.2) is 11.7 Å². The molecule has 50 valence electrons. The van der Waals surface area contributed by atoms with Crippen molar-refractivity contribution in [2.45, 2.75) is 0 Å². The Kier molecular flexibility index (Phi) is 3.43. The molecular weight excluding hydrogens is 133 g/mol. The molecule has 0 radical (unpaired) electrons. The van der Waals surface area contributed by atoms with Gasteiger partial charge in [0.1, 0.15) is 12.6 Å². The monoisotopic (exact) mass is 136 g/mol. The molecule has 0 spiro atoms. The normalized spacial score (nSPS) is 13.7. The van der Waals surface area contributed by atoms with Crippen LogP contribution in [-0.2, 0) is 4.79 Å². The van der Waals surface area contributed by atoms with Crippen LogP contribution < -0.4 is 0 Å². The maximum Gasteiger partial charge on any atom is 0.187 e. The van der Waals surface area contributed by atoms with E-state index in [9.17, 15) is 18.0 Å². The van der Waals surface area contributed by atoms with Crippen LogP contribution in [0.2, 0.25) is 0 Å². The summed E-state index contributed by atoms with van der Waals surface area (Å²) in [6.07, 6.45) is -0.251. The maximum absolute atomic E-state index is 11.7. The Morgan fingerprint density at radius 3 is 2.11 bits per heavy atom. The van der Waals surface area contributed by atoms with E-state index in [1.807, 2.05) is 0 Å². The molecule has 0 aromatic heterocycles. The highest BCUT2D eigenvalue weighted by Gasteiger charge is 2.00. The van der Waals surface area contributed by atoms with Crippen LogP contribution in [-0.4, -0.2) is 6.29 Å². The smallest absolute Gasteiger partial charge is 0.187 e. The summed E-state index contributed by atoms with van der Waals surface area (Å²) < 4.78 is 34.4. The van der Waals surface area contributed by atoms with E-state index < -0.39 is 18.0 Å². The molecule has 0 heterocycles. The van der Waals surface area contributed by atoms with E-state index in [0.29, 0.717) is 0 Å². The molecule has 0 aliphatic carbocycles. The maximum atomic E-state index is 11.7. The van der Waals surface area contributed by atoms with E-state index in [-0.39, 0.29) is 12.4 Å². The Morgan fingerprint density at radius 1 is 1.22 bits per heavy atom. The summed E-state index contributed by atoms with van der Waals surface area (Å²) in [5.41, 5.74) is 0. The lowest BCUT2D eigenvalue weighted by Crippen LogP contribution is -1.73. The zero-order valence-electron chi connectivity index (χ0n) is 4.27. The van der Waals surface area contributed by atoms with Gasteiger partial charge >= 0.3 is 0 Å².